The van der Waals surface area contributed by atoms with Gasteiger partial charge in [-0.25, -0.2) is 4.68 Å². The second kappa shape index (κ2) is 4.52. The molecular formula is C11H17N7S. The van der Waals surface area contributed by atoms with Crippen LogP contribution >= 0.6 is 11.8 Å². The van der Waals surface area contributed by atoms with E-state index in [9.17, 15) is 0 Å². The molecule has 8 heteroatoms. The first-order chi connectivity index (χ1) is 9.08. The molecule has 0 unspecified atom stereocenters. The van der Waals surface area contributed by atoms with Gasteiger partial charge in [-0.1, -0.05) is 0 Å². The Morgan fingerprint density at radius 3 is 2.74 bits per heavy atom. The van der Waals surface area contributed by atoms with Gasteiger partial charge in [-0.15, -0.1) is 5.10 Å². The maximum atomic E-state index is 6.12. The topological polar surface area (TPSA) is 87.4 Å². The van der Waals surface area contributed by atoms with E-state index in [1.807, 2.05) is 16.3 Å². The van der Waals surface area contributed by atoms with Gasteiger partial charge in [0.25, 0.3) is 0 Å². The quantitative estimate of drug-likeness (QED) is 0.918. The molecule has 2 heterocycles. The number of aryl methyl sites for hydroxylation is 1. The second-order valence-electron chi connectivity index (χ2n) is 5.08. The fourth-order valence-corrected chi connectivity index (χ4v) is 3.01. The largest absolute Gasteiger partial charge is 0.395 e. The molecule has 1 fully saturated rings. The number of tetrazole rings is 1. The van der Waals surface area contributed by atoms with Crippen molar-refractivity contribution in [2.24, 2.45) is 0 Å². The minimum atomic E-state index is 0.253. The molecule has 1 saturated carbocycles. The smallest absolute Gasteiger partial charge is 0.215 e. The molecule has 0 saturated heterocycles. The standard InChI is InChI=1S/C11H17N7S/c1-6(2)17-10(9(12)7(3)14-17)19-11-13-15-16-18(11)8-4-5-8/h6,8H,4-5,12H2,1-3H3. The summed E-state index contributed by atoms with van der Waals surface area (Å²) in [6.45, 7) is 6.09. The highest BCUT2D eigenvalue weighted by atomic mass is 32.2. The van der Waals surface area contributed by atoms with E-state index in [0.717, 1.165) is 28.7 Å². The highest BCUT2D eigenvalue weighted by Gasteiger charge is 2.29. The van der Waals surface area contributed by atoms with Crippen LogP contribution in [0.25, 0.3) is 0 Å². The van der Waals surface area contributed by atoms with Crippen molar-refractivity contribution >= 4 is 17.4 Å². The molecule has 0 atom stereocenters. The molecule has 19 heavy (non-hydrogen) atoms. The van der Waals surface area contributed by atoms with Crippen LogP contribution in [0, 0.1) is 6.92 Å². The Hall–Kier alpha value is -1.57. The summed E-state index contributed by atoms with van der Waals surface area (Å²) in [5, 5.41) is 18.1. The van der Waals surface area contributed by atoms with Crippen LogP contribution in [0.2, 0.25) is 0 Å². The highest BCUT2D eigenvalue weighted by molar-refractivity contribution is 7.99. The van der Waals surface area contributed by atoms with E-state index >= 15 is 0 Å². The van der Waals surface area contributed by atoms with Gasteiger partial charge in [-0.05, 0) is 55.8 Å². The van der Waals surface area contributed by atoms with Gasteiger partial charge in [-0.2, -0.15) is 5.10 Å². The first-order valence-corrected chi connectivity index (χ1v) is 7.20. The first kappa shape index (κ1) is 12.5. The molecule has 1 aliphatic carbocycles. The van der Waals surface area contributed by atoms with E-state index in [1.54, 1.807) is 0 Å². The van der Waals surface area contributed by atoms with E-state index in [2.05, 4.69) is 34.5 Å². The fourth-order valence-electron chi connectivity index (χ4n) is 1.88. The average Bonchev–Trinajstić information content (AvgIpc) is 3.05. The predicted molar refractivity (Wildman–Crippen MR) is 72.0 cm³/mol. The average molecular weight is 279 g/mol. The monoisotopic (exact) mass is 279 g/mol. The van der Waals surface area contributed by atoms with Crippen LogP contribution in [0.1, 0.15) is 44.5 Å². The summed E-state index contributed by atoms with van der Waals surface area (Å²) < 4.78 is 3.82. The van der Waals surface area contributed by atoms with E-state index < -0.39 is 0 Å². The third kappa shape index (κ3) is 2.20. The Bertz CT molecular complexity index is 596. The Labute approximate surface area is 115 Å². The van der Waals surface area contributed by atoms with Crippen molar-refractivity contribution in [3.8, 4) is 0 Å². The maximum absolute atomic E-state index is 6.12. The lowest BCUT2D eigenvalue weighted by Gasteiger charge is -2.10. The Balaban J connectivity index is 1.96. The van der Waals surface area contributed by atoms with Gasteiger partial charge in [0.1, 0.15) is 5.03 Å². The maximum Gasteiger partial charge on any atom is 0.215 e. The first-order valence-electron chi connectivity index (χ1n) is 6.38. The summed E-state index contributed by atoms with van der Waals surface area (Å²) in [6.07, 6.45) is 2.30. The van der Waals surface area contributed by atoms with Crippen molar-refractivity contribution < 1.29 is 0 Å². The lowest BCUT2D eigenvalue weighted by atomic mass is 10.4. The minimum absolute atomic E-state index is 0.253. The summed E-state index contributed by atoms with van der Waals surface area (Å²) in [5.74, 6) is 0. The van der Waals surface area contributed by atoms with Gasteiger partial charge in [0.2, 0.25) is 5.16 Å². The van der Waals surface area contributed by atoms with Gasteiger partial charge in [0.15, 0.2) is 0 Å². The van der Waals surface area contributed by atoms with Crippen LogP contribution in [-0.4, -0.2) is 30.0 Å². The molecule has 0 amide bonds. The Morgan fingerprint density at radius 2 is 2.11 bits per heavy atom. The van der Waals surface area contributed by atoms with Gasteiger partial charge in [0.05, 0.1) is 17.4 Å². The van der Waals surface area contributed by atoms with Crippen LogP contribution in [0.4, 0.5) is 5.69 Å². The van der Waals surface area contributed by atoms with Gasteiger partial charge in [0, 0.05) is 6.04 Å². The molecule has 1 aliphatic rings. The zero-order valence-electron chi connectivity index (χ0n) is 11.2. The minimum Gasteiger partial charge on any atom is -0.395 e. The molecule has 3 rings (SSSR count). The second-order valence-corrected chi connectivity index (χ2v) is 6.04. The van der Waals surface area contributed by atoms with E-state index in [0.29, 0.717) is 11.7 Å². The molecule has 0 radical (unpaired) electrons. The Kier molecular flexibility index (Phi) is 2.96. The van der Waals surface area contributed by atoms with Gasteiger partial charge in [-0.3, -0.25) is 4.68 Å². The van der Waals surface area contributed by atoms with Gasteiger partial charge < -0.3 is 5.73 Å². The molecule has 2 N–H and O–H groups in total. The number of aromatic nitrogens is 6. The number of nitrogens with two attached hydrogens (primary N) is 1. The summed E-state index contributed by atoms with van der Waals surface area (Å²) >= 11 is 1.49. The molecule has 2 aromatic rings. The van der Waals surface area contributed by atoms with Gasteiger partial charge >= 0.3 is 0 Å². The molecular weight excluding hydrogens is 262 g/mol. The zero-order valence-corrected chi connectivity index (χ0v) is 12.1. The lowest BCUT2D eigenvalue weighted by molar-refractivity contribution is 0.489. The van der Waals surface area contributed by atoms with Crippen molar-refractivity contribution in [1.29, 1.82) is 0 Å². The number of nitrogen functional groups attached to an aromatic ring is 1. The number of nitrogens with zero attached hydrogens (tertiary/aromatic N) is 6. The summed E-state index contributed by atoms with van der Waals surface area (Å²) in [5.41, 5.74) is 7.68. The van der Waals surface area contributed by atoms with Crippen LogP contribution in [0.5, 0.6) is 0 Å². The third-order valence-electron chi connectivity index (χ3n) is 3.12. The third-order valence-corrected chi connectivity index (χ3v) is 4.17. The number of anilines is 1. The summed E-state index contributed by atoms with van der Waals surface area (Å²) in [6, 6.07) is 0.707. The van der Waals surface area contributed by atoms with E-state index in [4.69, 9.17) is 5.73 Å². The SMILES string of the molecule is Cc1nn(C(C)C)c(Sc2nnnn2C2CC2)c1N. The van der Waals surface area contributed by atoms with Crippen molar-refractivity contribution in [2.45, 2.75) is 55.9 Å². The van der Waals surface area contributed by atoms with Crippen molar-refractivity contribution in [1.82, 2.24) is 30.0 Å². The summed E-state index contributed by atoms with van der Waals surface area (Å²) in [7, 11) is 0. The lowest BCUT2D eigenvalue weighted by Crippen LogP contribution is -2.06. The normalized spacial score (nSPS) is 15.4. The number of rotatable bonds is 4. The van der Waals surface area contributed by atoms with Crippen LogP contribution in [0.3, 0.4) is 0 Å². The number of hydrogen-bond acceptors (Lipinski definition) is 6. The molecule has 0 aliphatic heterocycles. The number of hydrogen-bond donors (Lipinski definition) is 1. The molecule has 2 aromatic heterocycles. The Morgan fingerprint density at radius 1 is 1.37 bits per heavy atom. The molecule has 0 bridgehead atoms. The molecule has 7 nitrogen and oxygen atoms in total. The highest BCUT2D eigenvalue weighted by Crippen LogP contribution is 2.40. The van der Waals surface area contributed by atoms with E-state index in [-0.39, 0.29) is 6.04 Å². The van der Waals surface area contributed by atoms with Crippen molar-refractivity contribution in [3.05, 3.63) is 5.69 Å². The van der Waals surface area contributed by atoms with Crippen LogP contribution in [-0.2, 0) is 0 Å². The molecule has 102 valence electrons. The predicted octanol–water partition coefficient (Wildman–Crippen LogP) is 1.83. The van der Waals surface area contributed by atoms with Crippen LogP contribution < -0.4 is 5.73 Å². The fraction of sp³-hybridized carbons (Fsp3) is 0.636. The van der Waals surface area contributed by atoms with Crippen molar-refractivity contribution in [3.63, 3.8) is 0 Å². The van der Waals surface area contributed by atoms with E-state index in [1.165, 1.54) is 11.8 Å². The zero-order chi connectivity index (χ0) is 13.6. The van der Waals surface area contributed by atoms with Crippen molar-refractivity contribution in [2.75, 3.05) is 5.73 Å². The summed E-state index contributed by atoms with van der Waals surface area (Å²) in [4.78, 5) is 0. The molecule has 0 spiro atoms. The molecule has 0 aromatic carbocycles. The van der Waals surface area contributed by atoms with Crippen LogP contribution in [0.15, 0.2) is 10.2 Å².